The summed E-state index contributed by atoms with van der Waals surface area (Å²) in [6.07, 6.45) is -0.379. The molecule has 2 rings (SSSR count). The molecule has 2 atom stereocenters. The second kappa shape index (κ2) is 6.24. The zero-order valence-corrected chi connectivity index (χ0v) is 12.3. The molecule has 0 saturated heterocycles. The van der Waals surface area contributed by atoms with Crippen molar-refractivity contribution in [3.05, 3.63) is 29.6 Å². The molecule has 1 saturated carbocycles. The highest BCUT2D eigenvalue weighted by molar-refractivity contribution is 5.49. The van der Waals surface area contributed by atoms with Crippen LogP contribution in [0, 0.1) is 17.7 Å². The summed E-state index contributed by atoms with van der Waals surface area (Å²) in [6, 6.07) is 2.58. The van der Waals surface area contributed by atoms with Gasteiger partial charge < -0.3 is 5.32 Å². The Labute approximate surface area is 122 Å². The minimum atomic E-state index is -4.45. The summed E-state index contributed by atoms with van der Waals surface area (Å²) < 4.78 is 52.0. The SMILES string of the molecule is CC(C)C1CCCCC1Nc1cc(C(F)(F)F)ccc1F. The van der Waals surface area contributed by atoms with Gasteiger partial charge in [0.05, 0.1) is 11.3 Å². The van der Waals surface area contributed by atoms with E-state index in [0.717, 1.165) is 43.9 Å². The Bertz CT molecular complexity index is 482. The van der Waals surface area contributed by atoms with Gasteiger partial charge in [0.2, 0.25) is 0 Å². The molecule has 0 bridgehead atoms. The molecule has 1 fully saturated rings. The van der Waals surface area contributed by atoms with Crippen LogP contribution in [0.3, 0.4) is 0 Å². The molecule has 1 aromatic carbocycles. The normalized spacial score (nSPS) is 23.4. The Morgan fingerprint density at radius 2 is 1.81 bits per heavy atom. The van der Waals surface area contributed by atoms with Crippen molar-refractivity contribution in [1.82, 2.24) is 0 Å². The minimum Gasteiger partial charge on any atom is -0.380 e. The van der Waals surface area contributed by atoms with Gasteiger partial charge in [-0.2, -0.15) is 13.2 Å². The van der Waals surface area contributed by atoms with Crippen molar-refractivity contribution in [3.63, 3.8) is 0 Å². The lowest BCUT2D eigenvalue weighted by Gasteiger charge is -2.35. The van der Waals surface area contributed by atoms with E-state index in [2.05, 4.69) is 19.2 Å². The minimum absolute atomic E-state index is 0.0386. The number of rotatable bonds is 3. The smallest absolute Gasteiger partial charge is 0.380 e. The van der Waals surface area contributed by atoms with Gasteiger partial charge in [0.15, 0.2) is 0 Å². The number of hydrogen-bond acceptors (Lipinski definition) is 1. The number of anilines is 1. The van der Waals surface area contributed by atoms with E-state index < -0.39 is 17.6 Å². The van der Waals surface area contributed by atoms with E-state index in [-0.39, 0.29) is 11.7 Å². The van der Waals surface area contributed by atoms with E-state index in [4.69, 9.17) is 0 Å². The molecule has 5 heteroatoms. The van der Waals surface area contributed by atoms with E-state index in [0.29, 0.717) is 11.8 Å². The van der Waals surface area contributed by atoms with Crippen LogP contribution in [-0.2, 0) is 6.18 Å². The summed E-state index contributed by atoms with van der Waals surface area (Å²) in [5.41, 5.74) is -0.856. The second-order valence-electron chi connectivity index (χ2n) is 6.14. The molecule has 1 aliphatic rings. The Hall–Kier alpha value is -1.26. The fraction of sp³-hybridized carbons (Fsp3) is 0.625. The van der Waals surface area contributed by atoms with Crippen molar-refractivity contribution in [2.75, 3.05) is 5.32 Å². The molecule has 1 aromatic rings. The summed E-state index contributed by atoms with van der Waals surface area (Å²) in [6.45, 7) is 4.21. The Balaban J connectivity index is 2.21. The lowest BCUT2D eigenvalue weighted by Crippen LogP contribution is -2.35. The summed E-state index contributed by atoms with van der Waals surface area (Å²) in [5, 5.41) is 3.02. The molecule has 0 radical (unpaired) electrons. The molecular weight excluding hydrogens is 282 g/mol. The van der Waals surface area contributed by atoms with Gasteiger partial charge in [0.1, 0.15) is 5.82 Å². The highest BCUT2D eigenvalue weighted by Gasteiger charge is 2.32. The van der Waals surface area contributed by atoms with Crippen LogP contribution in [0.25, 0.3) is 0 Å². The molecule has 0 aliphatic heterocycles. The third-order valence-electron chi connectivity index (χ3n) is 4.31. The van der Waals surface area contributed by atoms with Crippen LogP contribution in [0.1, 0.15) is 45.1 Å². The molecule has 1 nitrogen and oxygen atoms in total. The number of halogens is 4. The average molecular weight is 303 g/mol. The maximum Gasteiger partial charge on any atom is 0.416 e. The molecule has 0 amide bonds. The van der Waals surface area contributed by atoms with Crippen molar-refractivity contribution < 1.29 is 17.6 Å². The van der Waals surface area contributed by atoms with Crippen LogP contribution in [0.5, 0.6) is 0 Å². The zero-order valence-electron chi connectivity index (χ0n) is 12.3. The maximum atomic E-state index is 13.8. The topological polar surface area (TPSA) is 12.0 Å². The van der Waals surface area contributed by atoms with Crippen LogP contribution >= 0.6 is 0 Å². The molecular formula is C16H21F4N. The van der Waals surface area contributed by atoms with E-state index in [1.54, 1.807) is 0 Å². The first-order chi connectivity index (χ1) is 9.79. The molecule has 0 heterocycles. The first kappa shape index (κ1) is 16.1. The van der Waals surface area contributed by atoms with Gasteiger partial charge in [-0.05, 0) is 42.9 Å². The summed E-state index contributed by atoms with van der Waals surface area (Å²) in [7, 11) is 0. The third kappa shape index (κ3) is 3.89. The summed E-state index contributed by atoms with van der Waals surface area (Å²) >= 11 is 0. The lowest BCUT2D eigenvalue weighted by atomic mass is 9.77. The Morgan fingerprint density at radius 3 is 2.43 bits per heavy atom. The maximum absolute atomic E-state index is 13.8. The molecule has 21 heavy (non-hydrogen) atoms. The largest absolute Gasteiger partial charge is 0.416 e. The van der Waals surface area contributed by atoms with E-state index in [9.17, 15) is 17.6 Å². The van der Waals surface area contributed by atoms with Crippen molar-refractivity contribution in [2.45, 2.75) is 51.7 Å². The fourth-order valence-electron chi connectivity index (χ4n) is 3.15. The molecule has 118 valence electrons. The van der Waals surface area contributed by atoms with Gasteiger partial charge in [-0.1, -0.05) is 26.7 Å². The average Bonchev–Trinajstić information content (AvgIpc) is 2.40. The quantitative estimate of drug-likeness (QED) is 0.730. The summed E-state index contributed by atoms with van der Waals surface area (Å²) in [5.74, 6) is 0.167. The number of benzene rings is 1. The van der Waals surface area contributed by atoms with Gasteiger partial charge in [-0.3, -0.25) is 0 Å². The summed E-state index contributed by atoms with van der Waals surface area (Å²) in [4.78, 5) is 0. The van der Waals surface area contributed by atoms with E-state index >= 15 is 0 Å². The van der Waals surface area contributed by atoms with Gasteiger partial charge in [-0.15, -0.1) is 0 Å². The standard InChI is InChI=1S/C16H21F4N/c1-10(2)12-5-3-4-6-14(12)21-15-9-11(16(18,19)20)7-8-13(15)17/h7-10,12,14,21H,3-6H2,1-2H3. The number of alkyl halides is 3. The van der Waals surface area contributed by atoms with Crippen molar-refractivity contribution in [3.8, 4) is 0 Å². The molecule has 2 unspecified atom stereocenters. The highest BCUT2D eigenvalue weighted by atomic mass is 19.4. The van der Waals surface area contributed by atoms with Crippen LogP contribution in [0.4, 0.5) is 23.2 Å². The van der Waals surface area contributed by atoms with Gasteiger partial charge in [-0.25, -0.2) is 4.39 Å². The molecule has 0 spiro atoms. The third-order valence-corrected chi connectivity index (χ3v) is 4.31. The monoisotopic (exact) mass is 303 g/mol. The molecule has 0 aromatic heterocycles. The molecule has 1 N–H and O–H groups in total. The highest BCUT2D eigenvalue weighted by Crippen LogP contribution is 2.35. The van der Waals surface area contributed by atoms with Gasteiger partial charge in [0, 0.05) is 6.04 Å². The predicted molar refractivity (Wildman–Crippen MR) is 75.6 cm³/mol. The van der Waals surface area contributed by atoms with Crippen molar-refractivity contribution in [2.24, 2.45) is 11.8 Å². The van der Waals surface area contributed by atoms with Crippen LogP contribution in [0.15, 0.2) is 18.2 Å². The lowest BCUT2D eigenvalue weighted by molar-refractivity contribution is -0.137. The van der Waals surface area contributed by atoms with Gasteiger partial charge >= 0.3 is 6.18 Å². The first-order valence-electron chi connectivity index (χ1n) is 7.42. The number of hydrogen-bond donors (Lipinski definition) is 1. The van der Waals surface area contributed by atoms with Crippen molar-refractivity contribution in [1.29, 1.82) is 0 Å². The Morgan fingerprint density at radius 1 is 1.14 bits per heavy atom. The van der Waals surface area contributed by atoms with Gasteiger partial charge in [0.25, 0.3) is 0 Å². The van der Waals surface area contributed by atoms with Crippen LogP contribution in [-0.4, -0.2) is 6.04 Å². The zero-order chi connectivity index (χ0) is 15.6. The second-order valence-corrected chi connectivity index (χ2v) is 6.14. The molecule has 1 aliphatic carbocycles. The van der Waals surface area contributed by atoms with E-state index in [1.165, 1.54) is 0 Å². The Kier molecular flexibility index (Phi) is 4.79. The fourth-order valence-corrected chi connectivity index (χ4v) is 3.15. The number of nitrogens with one attached hydrogen (secondary N) is 1. The first-order valence-corrected chi connectivity index (χ1v) is 7.42. The predicted octanol–water partition coefficient (Wildman–Crippen LogP) is 5.47. The van der Waals surface area contributed by atoms with Crippen LogP contribution < -0.4 is 5.32 Å². The van der Waals surface area contributed by atoms with Crippen molar-refractivity contribution >= 4 is 5.69 Å². The van der Waals surface area contributed by atoms with E-state index in [1.807, 2.05) is 0 Å². The van der Waals surface area contributed by atoms with Crippen LogP contribution in [0.2, 0.25) is 0 Å².